The van der Waals surface area contributed by atoms with Crippen molar-refractivity contribution in [3.05, 3.63) is 0 Å². The quantitative estimate of drug-likeness (QED) is 0.651. The van der Waals surface area contributed by atoms with Crippen molar-refractivity contribution in [3.8, 4) is 0 Å². The van der Waals surface area contributed by atoms with Gasteiger partial charge in [0, 0.05) is 0 Å². The number of hydrogen-bond donors (Lipinski definition) is 1. The summed E-state index contributed by atoms with van der Waals surface area (Å²) in [6.07, 6.45) is 0. The second kappa shape index (κ2) is 2.99. The van der Waals surface area contributed by atoms with Crippen LogP contribution in [0, 0.1) is 10.8 Å². The molecule has 0 atom stereocenters. The van der Waals surface area contributed by atoms with Crippen LogP contribution >= 0.6 is 0 Å². The lowest BCUT2D eigenvalue weighted by atomic mass is 9.64. The fourth-order valence-electron chi connectivity index (χ4n) is 1.60. The summed E-state index contributed by atoms with van der Waals surface area (Å²) in [5.74, 6) is 0. The third-order valence-electron chi connectivity index (χ3n) is 2.60. The lowest BCUT2D eigenvalue weighted by molar-refractivity contribution is -0.101. The van der Waals surface area contributed by atoms with Crippen LogP contribution in [0.4, 0.5) is 4.39 Å². The van der Waals surface area contributed by atoms with E-state index in [2.05, 4.69) is 0 Å². The average Bonchev–Trinajstić information content (AvgIpc) is 1.81. The first kappa shape index (κ1) is 11.9. The molecule has 0 aromatic heterocycles. The van der Waals surface area contributed by atoms with Crippen molar-refractivity contribution in [1.82, 2.24) is 0 Å². The summed E-state index contributed by atoms with van der Waals surface area (Å²) in [5, 5.41) is 9.08. The minimum atomic E-state index is -1.53. The van der Waals surface area contributed by atoms with Crippen molar-refractivity contribution < 1.29 is 9.50 Å². The molecule has 0 aliphatic heterocycles. The van der Waals surface area contributed by atoms with Crippen LogP contribution in [0.3, 0.4) is 0 Å². The van der Waals surface area contributed by atoms with Gasteiger partial charge in [-0.25, -0.2) is 4.39 Å². The molecule has 0 radical (unpaired) electrons. The molecule has 0 heterocycles. The van der Waals surface area contributed by atoms with Crippen molar-refractivity contribution in [2.24, 2.45) is 10.8 Å². The van der Waals surface area contributed by atoms with E-state index >= 15 is 0 Å². The molecule has 2 heteroatoms. The second-order valence-corrected chi connectivity index (χ2v) is 5.46. The Balaban J connectivity index is 4.95. The maximum Gasteiger partial charge on any atom is 0.143 e. The van der Waals surface area contributed by atoms with Crippen molar-refractivity contribution in [1.29, 1.82) is 0 Å². The van der Waals surface area contributed by atoms with Crippen molar-refractivity contribution in [3.63, 3.8) is 0 Å². The van der Waals surface area contributed by atoms with Gasteiger partial charge in [0.1, 0.15) is 5.67 Å². The number of rotatable bonds is 1. The molecule has 0 fully saturated rings. The van der Waals surface area contributed by atoms with Crippen molar-refractivity contribution in [2.75, 3.05) is 6.61 Å². The predicted molar refractivity (Wildman–Crippen MR) is 49.8 cm³/mol. The molecule has 1 N–H and O–H groups in total. The Morgan fingerprint density at radius 1 is 0.917 bits per heavy atom. The van der Waals surface area contributed by atoms with Gasteiger partial charge < -0.3 is 5.11 Å². The molecule has 0 saturated heterocycles. The topological polar surface area (TPSA) is 20.2 Å². The fraction of sp³-hybridized carbons (Fsp3) is 1.00. The van der Waals surface area contributed by atoms with Crippen LogP contribution in [0.2, 0.25) is 0 Å². The first-order chi connectivity index (χ1) is 5.06. The first-order valence-corrected chi connectivity index (χ1v) is 4.36. The zero-order valence-corrected chi connectivity index (χ0v) is 9.03. The SMILES string of the molecule is CC(C)(C)C(F)(CO)C(C)(C)C. The van der Waals surface area contributed by atoms with Gasteiger partial charge in [-0.1, -0.05) is 41.5 Å². The molecule has 0 aliphatic carbocycles. The standard InChI is InChI=1S/C10H21FO/c1-8(2,3)10(11,7-12)9(4,5)6/h12H,7H2,1-6H3. The smallest absolute Gasteiger partial charge is 0.143 e. The van der Waals surface area contributed by atoms with Gasteiger partial charge in [-0.2, -0.15) is 0 Å². The number of alkyl halides is 1. The number of aliphatic hydroxyl groups excluding tert-OH is 1. The van der Waals surface area contributed by atoms with Crippen LogP contribution in [0.1, 0.15) is 41.5 Å². The van der Waals surface area contributed by atoms with E-state index in [-0.39, 0.29) is 0 Å². The zero-order valence-electron chi connectivity index (χ0n) is 9.03. The van der Waals surface area contributed by atoms with Crippen LogP contribution in [-0.4, -0.2) is 17.4 Å². The van der Waals surface area contributed by atoms with E-state index in [4.69, 9.17) is 5.11 Å². The largest absolute Gasteiger partial charge is 0.393 e. The highest BCUT2D eigenvalue weighted by atomic mass is 19.1. The molecule has 0 amide bonds. The van der Waals surface area contributed by atoms with Crippen molar-refractivity contribution in [2.45, 2.75) is 47.2 Å². The molecular formula is C10H21FO. The Bertz CT molecular complexity index is 136. The molecule has 0 aliphatic rings. The Labute approximate surface area is 75.0 Å². The molecule has 0 rings (SSSR count). The van der Waals surface area contributed by atoms with Gasteiger partial charge in [-0.15, -0.1) is 0 Å². The predicted octanol–water partition coefficient (Wildman–Crippen LogP) is 2.78. The minimum Gasteiger partial charge on any atom is -0.393 e. The van der Waals surface area contributed by atoms with E-state index < -0.39 is 23.1 Å². The van der Waals surface area contributed by atoms with Gasteiger partial charge in [0.15, 0.2) is 0 Å². The van der Waals surface area contributed by atoms with Crippen LogP contribution < -0.4 is 0 Å². The molecule has 12 heavy (non-hydrogen) atoms. The fourth-order valence-corrected chi connectivity index (χ4v) is 1.60. The lowest BCUT2D eigenvalue weighted by Crippen LogP contribution is -2.52. The van der Waals surface area contributed by atoms with E-state index in [1.165, 1.54) is 0 Å². The maximum atomic E-state index is 14.3. The molecule has 74 valence electrons. The van der Waals surface area contributed by atoms with Gasteiger partial charge in [-0.05, 0) is 10.8 Å². The molecule has 0 bridgehead atoms. The Hall–Kier alpha value is -0.110. The Kier molecular flexibility index (Phi) is 2.96. The van der Waals surface area contributed by atoms with E-state index in [9.17, 15) is 4.39 Å². The average molecular weight is 176 g/mol. The highest BCUT2D eigenvalue weighted by Gasteiger charge is 2.50. The molecule has 0 aromatic rings. The summed E-state index contributed by atoms with van der Waals surface area (Å²) in [4.78, 5) is 0. The van der Waals surface area contributed by atoms with E-state index in [1.54, 1.807) is 0 Å². The Morgan fingerprint density at radius 3 is 1.17 bits per heavy atom. The summed E-state index contributed by atoms with van der Waals surface area (Å²) >= 11 is 0. The van der Waals surface area contributed by atoms with Gasteiger partial charge >= 0.3 is 0 Å². The summed E-state index contributed by atoms with van der Waals surface area (Å²) in [6, 6.07) is 0. The van der Waals surface area contributed by atoms with Crippen molar-refractivity contribution >= 4 is 0 Å². The summed E-state index contributed by atoms with van der Waals surface area (Å²) < 4.78 is 14.3. The molecule has 0 unspecified atom stereocenters. The Morgan fingerprint density at radius 2 is 1.17 bits per heavy atom. The van der Waals surface area contributed by atoms with Crippen LogP contribution in [-0.2, 0) is 0 Å². The van der Waals surface area contributed by atoms with Gasteiger partial charge in [-0.3, -0.25) is 0 Å². The third kappa shape index (κ3) is 1.79. The summed E-state index contributed by atoms with van der Waals surface area (Å²) in [5.41, 5.74) is -2.58. The van der Waals surface area contributed by atoms with Gasteiger partial charge in [0.25, 0.3) is 0 Å². The van der Waals surface area contributed by atoms with Crippen LogP contribution in [0.5, 0.6) is 0 Å². The molecule has 0 saturated carbocycles. The first-order valence-electron chi connectivity index (χ1n) is 4.36. The van der Waals surface area contributed by atoms with E-state index in [0.29, 0.717) is 0 Å². The normalized spacial score (nSPS) is 15.0. The molecule has 0 aromatic carbocycles. The highest BCUT2D eigenvalue weighted by Crippen LogP contribution is 2.46. The number of aliphatic hydroxyl groups is 1. The van der Waals surface area contributed by atoms with Crippen LogP contribution in [0.15, 0.2) is 0 Å². The highest BCUT2D eigenvalue weighted by molar-refractivity contribution is 4.99. The second-order valence-electron chi connectivity index (χ2n) is 5.46. The maximum absolute atomic E-state index is 14.3. The third-order valence-corrected chi connectivity index (χ3v) is 2.60. The van der Waals surface area contributed by atoms with Gasteiger partial charge in [0.05, 0.1) is 6.61 Å². The summed E-state index contributed by atoms with van der Waals surface area (Å²) in [6.45, 7) is 10.5. The number of hydrogen-bond acceptors (Lipinski definition) is 1. The minimum absolute atomic E-state index is 0.417. The number of halogens is 1. The zero-order chi connectivity index (χ0) is 10.2. The molecule has 0 spiro atoms. The summed E-state index contributed by atoms with van der Waals surface area (Å²) in [7, 11) is 0. The lowest BCUT2D eigenvalue weighted by Gasteiger charge is -2.45. The monoisotopic (exact) mass is 176 g/mol. The molecular weight excluding hydrogens is 155 g/mol. The van der Waals surface area contributed by atoms with Gasteiger partial charge in [0.2, 0.25) is 0 Å². The molecule has 1 nitrogen and oxygen atoms in total. The van der Waals surface area contributed by atoms with E-state index in [1.807, 2.05) is 41.5 Å². The van der Waals surface area contributed by atoms with Crippen LogP contribution in [0.25, 0.3) is 0 Å². The van der Waals surface area contributed by atoms with E-state index in [0.717, 1.165) is 0 Å².